The van der Waals surface area contributed by atoms with Crippen LogP contribution in [0.2, 0.25) is 0 Å². The van der Waals surface area contributed by atoms with Crippen molar-refractivity contribution >= 4 is 46.4 Å². The third-order valence-electron chi connectivity index (χ3n) is 4.68. The Bertz CT molecular complexity index is 1160. The quantitative estimate of drug-likeness (QED) is 0.393. The van der Waals surface area contributed by atoms with Crippen molar-refractivity contribution in [3.8, 4) is 0 Å². The topological polar surface area (TPSA) is 101 Å². The van der Waals surface area contributed by atoms with Gasteiger partial charge >= 0.3 is 5.97 Å². The van der Waals surface area contributed by atoms with E-state index < -0.39 is 5.97 Å². The number of aromatic amines is 1. The zero-order valence-electron chi connectivity index (χ0n) is 17.9. The number of hydrogen-bond donors (Lipinski definition) is 2. The minimum absolute atomic E-state index is 0.0904. The van der Waals surface area contributed by atoms with E-state index in [4.69, 9.17) is 4.74 Å². The molecular weight excluding hydrogens is 434 g/mol. The van der Waals surface area contributed by atoms with Crippen LogP contribution < -0.4 is 5.32 Å². The number of thiazole rings is 1. The number of rotatable bonds is 7. The van der Waals surface area contributed by atoms with Crippen LogP contribution in [0.5, 0.6) is 0 Å². The first-order valence-electron chi connectivity index (χ1n) is 9.50. The Hall–Kier alpha value is -2.91. The van der Waals surface area contributed by atoms with E-state index in [1.807, 2.05) is 37.4 Å². The smallest absolute Gasteiger partial charge is 0.339 e. The second kappa shape index (κ2) is 9.49. The normalized spacial score (nSPS) is 10.7. The van der Waals surface area contributed by atoms with Crippen LogP contribution in [0.25, 0.3) is 0 Å². The molecule has 0 spiro atoms. The summed E-state index contributed by atoms with van der Waals surface area (Å²) in [6, 6.07) is 5.76. The molecule has 2 aromatic heterocycles. The summed E-state index contributed by atoms with van der Waals surface area (Å²) < 4.78 is 5.79. The molecule has 0 bridgehead atoms. The van der Waals surface area contributed by atoms with Gasteiger partial charge in [0.15, 0.2) is 10.1 Å². The van der Waals surface area contributed by atoms with Gasteiger partial charge in [-0.25, -0.2) is 9.78 Å². The molecule has 1 amide bonds. The molecule has 0 aliphatic heterocycles. The fraction of sp³-hybridized carbons (Fsp3) is 0.273. The second-order valence-corrected chi connectivity index (χ2v) is 9.26. The minimum Gasteiger partial charge on any atom is -0.465 e. The maximum atomic E-state index is 12.7. The number of nitrogens with one attached hydrogen (secondary N) is 2. The van der Waals surface area contributed by atoms with Crippen LogP contribution in [0, 0.1) is 20.8 Å². The Morgan fingerprint density at radius 3 is 2.55 bits per heavy atom. The monoisotopic (exact) mass is 457 g/mol. The van der Waals surface area contributed by atoms with Crippen molar-refractivity contribution < 1.29 is 19.1 Å². The molecule has 1 aromatic carbocycles. The average Bonchev–Trinajstić information content (AvgIpc) is 3.26. The molecule has 31 heavy (non-hydrogen) atoms. The van der Waals surface area contributed by atoms with Crippen LogP contribution in [0.3, 0.4) is 0 Å². The van der Waals surface area contributed by atoms with Crippen LogP contribution in [0.4, 0.5) is 5.69 Å². The number of aromatic nitrogens is 2. The van der Waals surface area contributed by atoms with Gasteiger partial charge in [-0.15, -0.1) is 11.3 Å². The lowest BCUT2D eigenvalue weighted by atomic mass is 10.1. The van der Waals surface area contributed by atoms with Crippen molar-refractivity contribution in [2.75, 3.05) is 12.4 Å². The van der Waals surface area contributed by atoms with Crippen molar-refractivity contribution in [1.29, 1.82) is 0 Å². The summed E-state index contributed by atoms with van der Waals surface area (Å²) in [6.07, 6.45) is -0.0904. The summed E-state index contributed by atoms with van der Waals surface area (Å²) in [5, 5.41) is 4.88. The molecule has 162 valence electrons. The lowest BCUT2D eigenvalue weighted by Crippen LogP contribution is -2.17. The standard InChI is InChI=1S/C22H23N3O4S2/c1-11-8-15(31-22-23-12(2)10-30-22)6-7-16(11)24-18(27)9-17-19(21(28)29-5)13(3)20(25-17)14(4)26/h6-8,10,25H,9H2,1-5H3,(H,24,27). The molecule has 0 saturated carbocycles. The SMILES string of the molecule is COC(=O)c1c(CC(=O)Nc2ccc(Sc3nc(C)cs3)cc2C)[nH]c(C(C)=O)c1C. The summed E-state index contributed by atoms with van der Waals surface area (Å²) in [6.45, 7) is 6.94. The number of esters is 1. The van der Waals surface area contributed by atoms with E-state index in [1.54, 1.807) is 30.0 Å². The number of H-pyrrole nitrogens is 1. The van der Waals surface area contributed by atoms with Gasteiger partial charge in [0.05, 0.1) is 24.8 Å². The van der Waals surface area contributed by atoms with Gasteiger partial charge in [-0.1, -0.05) is 11.8 Å². The van der Waals surface area contributed by atoms with Gasteiger partial charge < -0.3 is 15.0 Å². The van der Waals surface area contributed by atoms with Gasteiger partial charge in [-0.2, -0.15) is 0 Å². The molecule has 7 nitrogen and oxygen atoms in total. The first-order valence-corrected chi connectivity index (χ1v) is 11.2. The van der Waals surface area contributed by atoms with Crippen molar-refractivity contribution in [1.82, 2.24) is 9.97 Å². The van der Waals surface area contributed by atoms with Crippen LogP contribution in [0.1, 0.15) is 50.3 Å². The van der Waals surface area contributed by atoms with Crippen molar-refractivity contribution in [2.45, 2.75) is 43.4 Å². The van der Waals surface area contributed by atoms with Gasteiger partial charge in [0.25, 0.3) is 0 Å². The summed E-state index contributed by atoms with van der Waals surface area (Å²) in [5.41, 5.74) is 3.95. The number of anilines is 1. The number of benzene rings is 1. The maximum Gasteiger partial charge on any atom is 0.339 e. The van der Waals surface area contributed by atoms with E-state index in [1.165, 1.54) is 14.0 Å². The highest BCUT2D eigenvalue weighted by molar-refractivity contribution is 8.01. The number of ketones is 1. The zero-order valence-corrected chi connectivity index (χ0v) is 19.5. The zero-order chi connectivity index (χ0) is 22.7. The number of amides is 1. The van der Waals surface area contributed by atoms with Gasteiger partial charge in [0.1, 0.15) is 0 Å². The van der Waals surface area contributed by atoms with Crippen molar-refractivity contribution in [2.24, 2.45) is 0 Å². The fourth-order valence-electron chi connectivity index (χ4n) is 3.20. The molecular formula is C22H23N3O4S2. The molecule has 0 aliphatic rings. The summed E-state index contributed by atoms with van der Waals surface area (Å²) >= 11 is 3.17. The number of carbonyl (C=O) groups excluding carboxylic acids is 3. The van der Waals surface area contributed by atoms with E-state index in [-0.39, 0.29) is 23.7 Å². The highest BCUT2D eigenvalue weighted by atomic mass is 32.2. The Balaban J connectivity index is 1.76. The Morgan fingerprint density at radius 1 is 1.23 bits per heavy atom. The number of hydrogen-bond acceptors (Lipinski definition) is 7. The van der Waals surface area contributed by atoms with Crippen LogP contribution in [0.15, 0.2) is 32.8 Å². The van der Waals surface area contributed by atoms with Gasteiger partial charge in [0.2, 0.25) is 5.91 Å². The highest BCUT2D eigenvalue weighted by Gasteiger charge is 2.24. The fourth-order valence-corrected chi connectivity index (χ4v) is 5.11. The number of carbonyl (C=O) groups is 3. The van der Waals surface area contributed by atoms with Crippen molar-refractivity contribution in [3.63, 3.8) is 0 Å². The number of ether oxygens (including phenoxy) is 1. The summed E-state index contributed by atoms with van der Waals surface area (Å²) in [4.78, 5) is 45.1. The molecule has 0 aliphatic carbocycles. The van der Waals surface area contributed by atoms with E-state index >= 15 is 0 Å². The number of Topliss-reactive ketones (excluding diaryl/α,β-unsaturated/α-hetero) is 1. The van der Waals surface area contributed by atoms with Gasteiger partial charge in [-0.05, 0) is 50.1 Å². The van der Waals surface area contributed by atoms with Crippen LogP contribution >= 0.6 is 23.1 Å². The average molecular weight is 458 g/mol. The molecule has 0 radical (unpaired) electrons. The second-order valence-electron chi connectivity index (χ2n) is 7.08. The van der Waals surface area contributed by atoms with Crippen LogP contribution in [-0.2, 0) is 16.0 Å². The largest absolute Gasteiger partial charge is 0.465 e. The molecule has 3 rings (SSSR count). The predicted octanol–water partition coefficient (Wildman–Crippen LogP) is 4.72. The molecule has 3 aromatic rings. The highest BCUT2D eigenvalue weighted by Crippen LogP contribution is 2.32. The molecule has 2 heterocycles. The molecule has 9 heteroatoms. The Morgan fingerprint density at radius 2 is 1.97 bits per heavy atom. The number of aryl methyl sites for hydroxylation is 2. The van der Waals surface area contributed by atoms with Crippen LogP contribution in [-0.4, -0.2) is 34.7 Å². The first-order chi connectivity index (χ1) is 14.7. The summed E-state index contributed by atoms with van der Waals surface area (Å²) in [7, 11) is 1.27. The van der Waals surface area contributed by atoms with E-state index in [0.717, 1.165) is 20.5 Å². The molecule has 0 atom stereocenters. The molecule has 0 unspecified atom stereocenters. The van der Waals surface area contributed by atoms with E-state index in [0.29, 0.717) is 22.6 Å². The molecule has 0 saturated heterocycles. The molecule has 0 fully saturated rings. The van der Waals surface area contributed by atoms with E-state index in [2.05, 4.69) is 15.3 Å². The summed E-state index contributed by atoms with van der Waals surface area (Å²) in [5.74, 6) is -1.10. The Labute approximate surface area is 188 Å². The number of methoxy groups -OCH3 is 1. The molecule has 2 N–H and O–H groups in total. The number of nitrogens with zero attached hydrogens (tertiary/aromatic N) is 1. The minimum atomic E-state index is -0.584. The predicted molar refractivity (Wildman–Crippen MR) is 121 cm³/mol. The maximum absolute atomic E-state index is 12.7. The Kier molecular flexibility index (Phi) is 6.97. The van der Waals surface area contributed by atoms with E-state index in [9.17, 15) is 14.4 Å². The lowest BCUT2D eigenvalue weighted by molar-refractivity contribution is -0.115. The van der Waals surface area contributed by atoms with Gasteiger partial charge in [0, 0.05) is 34.3 Å². The first kappa shape index (κ1) is 22.8. The lowest BCUT2D eigenvalue weighted by Gasteiger charge is -2.10. The van der Waals surface area contributed by atoms with Gasteiger partial charge in [-0.3, -0.25) is 9.59 Å². The van der Waals surface area contributed by atoms with Crippen molar-refractivity contribution in [3.05, 3.63) is 57.4 Å². The third-order valence-corrected chi connectivity index (χ3v) is 6.73. The third kappa shape index (κ3) is 5.23.